The van der Waals surface area contributed by atoms with Gasteiger partial charge in [-0.1, -0.05) is 37.5 Å². The summed E-state index contributed by atoms with van der Waals surface area (Å²) < 4.78 is 9.99. The largest absolute Gasteiger partial charge is 0.461 e. The topological polar surface area (TPSA) is 52.6 Å². The molecule has 4 nitrogen and oxygen atoms in total. The molecule has 0 aromatic rings. The molecule has 1 aliphatic rings. The maximum Gasteiger partial charge on any atom is 0.310 e. The van der Waals surface area contributed by atoms with Gasteiger partial charge in [0.2, 0.25) is 0 Å². The van der Waals surface area contributed by atoms with Gasteiger partial charge in [0.05, 0.1) is 11.8 Å². The zero-order chi connectivity index (χ0) is 13.4. The third-order valence-electron chi connectivity index (χ3n) is 2.72. The molecular weight excluding hydrogens is 232 g/mol. The van der Waals surface area contributed by atoms with Crippen molar-refractivity contribution in [2.24, 2.45) is 11.8 Å². The van der Waals surface area contributed by atoms with Gasteiger partial charge in [0.15, 0.2) is 0 Å². The van der Waals surface area contributed by atoms with Crippen LogP contribution in [0.1, 0.15) is 12.8 Å². The first-order valence-corrected chi connectivity index (χ1v) is 5.90. The molecule has 18 heavy (non-hydrogen) atoms. The second-order valence-corrected chi connectivity index (χ2v) is 3.99. The van der Waals surface area contributed by atoms with E-state index in [1.54, 1.807) is 0 Å². The van der Waals surface area contributed by atoms with Gasteiger partial charge >= 0.3 is 11.9 Å². The molecule has 0 N–H and O–H groups in total. The van der Waals surface area contributed by atoms with Gasteiger partial charge in [-0.2, -0.15) is 0 Å². The lowest BCUT2D eigenvalue weighted by molar-refractivity contribution is -0.159. The molecule has 0 amide bonds. The molecule has 0 saturated heterocycles. The van der Waals surface area contributed by atoms with E-state index in [1.807, 2.05) is 12.2 Å². The minimum Gasteiger partial charge on any atom is -0.461 e. The van der Waals surface area contributed by atoms with Crippen LogP contribution in [0.25, 0.3) is 0 Å². The number of hydrogen-bond acceptors (Lipinski definition) is 4. The number of rotatable bonds is 6. The quantitative estimate of drug-likeness (QED) is 0.534. The zero-order valence-electron chi connectivity index (χ0n) is 10.3. The normalized spacial score (nSPS) is 22.0. The van der Waals surface area contributed by atoms with Crippen LogP contribution in [0.2, 0.25) is 0 Å². The van der Waals surface area contributed by atoms with Gasteiger partial charge in [0.25, 0.3) is 0 Å². The smallest absolute Gasteiger partial charge is 0.310 e. The highest BCUT2D eigenvalue weighted by Gasteiger charge is 2.35. The van der Waals surface area contributed by atoms with Crippen molar-refractivity contribution in [3.8, 4) is 0 Å². The molecule has 0 saturated carbocycles. The van der Waals surface area contributed by atoms with Crippen LogP contribution in [0.5, 0.6) is 0 Å². The molecule has 0 fully saturated rings. The number of ether oxygens (including phenoxy) is 2. The van der Waals surface area contributed by atoms with Crippen LogP contribution in [-0.2, 0) is 19.1 Å². The third-order valence-corrected chi connectivity index (χ3v) is 2.72. The Morgan fingerprint density at radius 1 is 1.00 bits per heavy atom. The van der Waals surface area contributed by atoms with E-state index in [0.29, 0.717) is 12.8 Å². The molecular formula is C14H18O4. The van der Waals surface area contributed by atoms with Gasteiger partial charge in [-0.05, 0) is 12.8 Å². The Bertz CT molecular complexity index is 323. The van der Waals surface area contributed by atoms with Crippen molar-refractivity contribution >= 4 is 11.9 Å². The molecule has 98 valence electrons. The average Bonchev–Trinajstić information content (AvgIpc) is 2.42. The summed E-state index contributed by atoms with van der Waals surface area (Å²) in [5, 5.41) is 0. The second-order valence-electron chi connectivity index (χ2n) is 3.99. The molecule has 0 bridgehead atoms. The van der Waals surface area contributed by atoms with Crippen molar-refractivity contribution in [2.75, 3.05) is 13.2 Å². The monoisotopic (exact) mass is 250 g/mol. The van der Waals surface area contributed by atoms with Crippen molar-refractivity contribution in [3.05, 3.63) is 37.5 Å². The van der Waals surface area contributed by atoms with Gasteiger partial charge in [0.1, 0.15) is 13.2 Å². The fraction of sp³-hybridized carbons (Fsp3) is 0.429. The second kappa shape index (κ2) is 7.48. The highest BCUT2D eigenvalue weighted by atomic mass is 16.5. The average molecular weight is 250 g/mol. The minimum atomic E-state index is -0.465. The first-order chi connectivity index (χ1) is 8.70. The van der Waals surface area contributed by atoms with E-state index in [9.17, 15) is 9.59 Å². The highest BCUT2D eigenvalue weighted by Crippen LogP contribution is 2.28. The van der Waals surface area contributed by atoms with Gasteiger partial charge in [0, 0.05) is 0 Å². The van der Waals surface area contributed by atoms with E-state index in [-0.39, 0.29) is 25.2 Å². The number of allylic oxidation sites excluding steroid dienone is 2. The van der Waals surface area contributed by atoms with Crippen LogP contribution in [0.3, 0.4) is 0 Å². The lowest BCUT2D eigenvalue weighted by Gasteiger charge is -2.24. The molecule has 0 radical (unpaired) electrons. The van der Waals surface area contributed by atoms with Crippen LogP contribution < -0.4 is 0 Å². The van der Waals surface area contributed by atoms with Crippen molar-refractivity contribution in [2.45, 2.75) is 12.8 Å². The summed E-state index contributed by atoms with van der Waals surface area (Å²) in [7, 11) is 0. The Hall–Kier alpha value is -1.84. The van der Waals surface area contributed by atoms with E-state index in [2.05, 4.69) is 13.2 Å². The zero-order valence-corrected chi connectivity index (χ0v) is 10.3. The van der Waals surface area contributed by atoms with Crippen molar-refractivity contribution in [3.63, 3.8) is 0 Å². The SMILES string of the molecule is C=CCOC(=O)C1CC=CCC1C(=O)OCC=C. The maximum atomic E-state index is 11.8. The molecule has 1 aliphatic carbocycles. The van der Waals surface area contributed by atoms with Crippen molar-refractivity contribution < 1.29 is 19.1 Å². The lowest BCUT2D eigenvalue weighted by atomic mass is 9.83. The van der Waals surface area contributed by atoms with E-state index in [4.69, 9.17) is 9.47 Å². The molecule has 0 aromatic heterocycles. The Balaban J connectivity index is 2.64. The molecule has 2 atom stereocenters. The molecule has 0 heterocycles. The van der Waals surface area contributed by atoms with Gasteiger partial charge in [-0.25, -0.2) is 0 Å². The third kappa shape index (κ3) is 3.87. The minimum absolute atomic E-state index is 0.160. The predicted octanol–water partition coefficient (Wildman–Crippen LogP) is 2.03. The standard InChI is InChI=1S/C14H18O4/c1-3-9-17-13(15)11-7-5-6-8-12(11)14(16)18-10-4-2/h3-6,11-12H,1-2,7-10H2. The summed E-state index contributed by atoms with van der Waals surface area (Å²) in [5.74, 6) is -1.68. The summed E-state index contributed by atoms with van der Waals surface area (Å²) in [5.41, 5.74) is 0. The summed E-state index contributed by atoms with van der Waals surface area (Å²) in [4.78, 5) is 23.6. The molecule has 2 unspecified atom stereocenters. The van der Waals surface area contributed by atoms with Gasteiger partial charge < -0.3 is 9.47 Å². The molecule has 1 rings (SSSR count). The Morgan fingerprint density at radius 2 is 1.39 bits per heavy atom. The first kappa shape index (κ1) is 14.2. The van der Waals surface area contributed by atoms with E-state index >= 15 is 0 Å². The fourth-order valence-corrected chi connectivity index (χ4v) is 1.83. The number of carbonyl (C=O) groups is 2. The van der Waals surface area contributed by atoms with E-state index in [0.717, 1.165) is 0 Å². The van der Waals surface area contributed by atoms with Gasteiger partial charge in [-0.15, -0.1) is 0 Å². The summed E-state index contributed by atoms with van der Waals surface area (Å²) in [6.07, 6.45) is 7.78. The summed E-state index contributed by atoms with van der Waals surface area (Å²) >= 11 is 0. The summed E-state index contributed by atoms with van der Waals surface area (Å²) in [6, 6.07) is 0. The van der Waals surface area contributed by atoms with E-state index in [1.165, 1.54) is 12.2 Å². The summed E-state index contributed by atoms with van der Waals surface area (Å²) in [6.45, 7) is 7.28. The number of carbonyl (C=O) groups excluding carboxylic acids is 2. The van der Waals surface area contributed by atoms with Crippen LogP contribution in [-0.4, -0.2) is 25.2 Å². The molecule has 4 heteroatoms. The first-order valence-electron chi connectivity index (χ1n) is 5.90. The highest BCUT2D eigenvalue weighted by molar-refractivity contribution is 5.82. The molecule has 0 aromatic carbocycles. The fourth-order valence-electron chi connectivity index (χ4n) is 1.83. The van der Waals surface area contributed by atoms with Crippen LogP contribution in [0.15, 0.2) is 37.5 Å². The van der Waals surface area contributed by atoms with Crippen molar-refractivity contribution in [1.82, 2.24) is 0 Å². The predicted molar refractivity (Wildman–Crippen MR) is 67.7 cm³/mol. The molecule has 0 aliphatic heterocycles. The number of hydrogen-bond donors (Lipinski definition) is 0. The Kier molecular flexibility index (Phi) is 5.91. The Morgan fingerprint density at radius 3 is 1.72 bits per heavy atom. The molecule has 0 spiro atoms. The van der Waals surface area contributed by atoms with Crippen LogP contribution in [0, 0.1) is 11.8 Å². The van der Waals surface area contributed by atoms with Crippen molar-refractivity contribution in [1.29, 1.82) is 0 Å². The Labute approximate surface area is 107 Å². The van der Waals surface area contributed by atoms with Crippen LogP contribution in [0.4, 0.5) is 0 Å². The van der Waals surface area contributed by atoms with Gasteiger partial charge in [-0.3, -0.25) is 9.59 Å². The number of esters is 2. The lowest BCUT2D eigenvalue weighted by Crippen LogP contribution is -2.33. The van der Waals surface area contributed by atoms with E-state index < -0.39 is 11.8 Å². The van der Waals surface area contributed by atoms with Crippen LogP contribution >= 0.6 is 0 Å². The maximum absolute atomic E-state index is 11.8.